The van der Waals surface area contributed by atoms with Gasteiger partial charge < -0.3 is 10.5 Å². The van der Waals surface area contributed by atoms with Gasteiger partial charge in [-0.3, -0.25) is 9.89 Å². The van der Waals surface area contributed by atoms with Gasteiger partial charge in [0.05, 0.1) is 0 Å². The fourth-order valence-electron chi connectivity index (χ4n) is 4.71. The molecule has 0 saturated heterocycles. The van der Waals surface area contributed by atoms with Crippen molar-refractivity contribution in [2.24, 2.45) is 15.7 Å². The van der Waals surface area contributed by atoms with E-state index >= 15 is 0 Å². The highest BCUT2D eigenvalue weighted by atomic mass is 19.4. The van der Waals surface area contributed by atoms with Crippen LogP contribution in [-0.4, -0.2) is 41.1 Å². The van der Waals surface area contributed by atoms with Gasteiger partial charge in [-0.05, 0) is 66.3 Å². The number of hydrogen-bond acceptors (Lipinski definition) is 6. The van der Waals surface area contributed by atoms with Crippen LogP contribution in [-0.2, 0) is 5.54 Å². The first-order valence-electron chi connectivity index (χ1n) is 11.5. The van der Waals surface area contributed by atoms with E-state index in [9.17, 15) is 17.6 Å². The summed E-state index contributed by atoms with van der Waals surface area (Å²) < 4.78 is 56.8. The van der Waals surface area contributed by atoms with E-state index in [0.29, 0.717) is 41.2 Å². The first-order valence-corrected chi connectivity index (χ1v) is 11.5. The summed E-state index contributed by atoms with van der Waals surface area (Å²) in [5.41, 5.74) is 7.27. The zero-order chi connectivity index (χ0) is 25.3. The third kappa shape index (κ3) is 4.38. The summed E-state index contributed by atoms with van der Waals surface area (Å²) in [5.74, 6) is -0.104. The Labute approximate surface area is 205 Å². The molecule has 1 atom stereocenters. The van der Waals surface area contributed by atoms with Crippen molar-refractivity contribution >= 4 is 11.8 Å². The second-order valence-corrected chi connectivity index (χ2v) is 8.59. The fraction of sp³-hybridized carbons (Fsp3) is 0.269. The molecule has 2 aliphatic rings. The second-order valence-electron chi connectivity index (χ2n) is 8.59. The van der Waals surface area contributed by atoms with E-state index < -0.39 is 17.8 Å². The molecule has 0 amide bonds. The monoisotopic (exact) mass is 497 g/mol. The van der Waals surface area contributed by atoms with E-state index in [1.807, 2.05) is 11.0 Å². The minimum absolute atomic E-state index is 0.268. The molecule has 2 aromatic carbocycles. The molecule has 0 saturated carbocycles. The Morgan fingerprint density at radius 3 is 2.50 bits per heavy atom. The molecule has 2 aliphatic heterocycles. The summed E-state index contributed by atoms with van der Waals surface area (Å²) in [4.78, 5) is 15.3. The van der Waals surface area contributed by atoms with Crippen LogP contribution < -0.4 is 10.5 Å². The van der Waals surface area contributed by atoms with Gasteiger partial charge in [-0.1, -0.05) is 30.3 Å². The third-order valence-electron chi connectivity index (χ3n) is 6.30. The van der Waals surface area contributed by atoms with Gasteiger partial charge in [0.25, 0.3) is 0 Å². The lowest BCUT2D eigenvalue weighted by molar-refractivity contribution is -0.274. The van der Waals surface area contributed by atoms with Crippen LogP contribution in [0.5, 0.6) is 5.75 Å². The molecule has 3 aromatic rings. The Balaban J connectivity index is 1.69. The van der Waals surface area contributed by atoms with Crippen molar-refractivity contribution in [3.05, 3.63) is 83.9 Å². The van der Waals surface area contributed by atoms with Crippen LogP contribution in [0.1, 0.15) is 30.4 Å². The Bertz CT molecular complexity index is 1320. The SMILES string of the molecule is NC1=NC(c2ccc(OC(F)(F)F)cc2)(c2cccc(-c3cccnc3F)c2)C2=NCCCCCN12. The lowest BCUT2D eigenvalue weighted by atomic mass is 9.81. The maximum absolute atomic E-state index is 14.5. The van der Waals surface area contributed by atoms with Gasteiger partial charge in [0.15, 0.2) is 11.5 Å². The number of aromatic nitrogens is 1. The van der Waals surface area contributed by atoms with Crippen LogP contribution in [0.3, 0.4) is 0 Å². The van der Waals surface area contributed by atoms with Crippen LogP contribution >= 0.6 is 0 Å². The molecule has 1 unspecified atom stereocenters. The molecule has 0 aliphatic carbocycles. The lowest BCUT2D eigenvalue weighted by Crippen LogP contribution is -2.45. The number of nitrogens with zero attached hydrogens (tertiary/aromatic N) is 4. The van der Waals surface area contributed by atoms with E-state index in [2.05, 4.69) is 9.72 Å². The van der Waals surface area contributed by atoms with E-state index in [1.54, 1.807) is 30.3 Å². The molecule has 0 radical (unpaired) electrons. The zero-order valence-electron chi connectivity index (χ0n) is 19.2. The quantitative estimate of drug-likeness (QED) is 0.395. The van der Waals surface area contributed by atoms with Crippen molar-refractivity contribution in [1.29, 1.82) is 0 Å². The highest BCUT2D eigenvalue weighted by Gasteiger charge is 2.48. The van der Waals surface area contributed by atoms with Gasteiger partial charge in [-0.2, -0.15) is 4.39 Å². The van der Waals surface area contributed by atoms with Crippen molar-refractivity contribution in [1.82, 2.24) is 9.88 Å². The highest BCUT2D eigenvalue weighted by Crippen LogP contribution is 2.43. The summed E-state index contributed by atoms with van der Waals surface area (Å²) in [7, 11) is 0. The van der Waals surface area contributed by atoms with Crippen LogP contribution in [0.4, 0.5) is 17.6 Å². The summed E-state index contributed by atoms with van der Waals surface area (Å²) in [5, 5.41) is 0. The summed E-state index contributed by atoms with van der Waals surface area (Å²) in [6.07, 6.45) is -0.653. The molecule has 0 spiro atoms. The van der Waals surface area contributed by atoms with Crippen LogP contribution in [0.25, 0.3) is 11.1 Å². The van der Waals surface area contributed by atoms with Crippen molar-refractivity contribution in [3.63, 3.8) is 0 Å². The molecule has 2 N–H and O–H groups in total. The van der Waals surface area contributed by atoms with Crippen LogP contribution in [0, 0.1) is 5.95 Å². The average Bonchev–Trinajstić information content (AvgIpc) is 3.09. The molecule has 186 valence electrons. The van der Waals surface area contributed by atoms with Gasteiger partial charge in [0.1, 0.15) is 11.6 Å². The molecule has 3 heterocycles. The average molecular weight is 497 g/mol. The van der Waals surface area contributed by atoms with E-state index in [0.717, 1.165) is 19.3 Å². The first-order chi connectivity index (χ1) is 17.3. The maximum atomic E-state index is 14.5. The maximum Gasteiger partial charge on any atom is 0.573 e. The van der Waals surface area contributed by atoms with Crippen molar-refractivity contribution in [2.45, 2.75) is 31.2 Å². The number of benzene rings is 2. The molecule has 36 heavy (non-hydrogen) atoms. The lowest BCUT2D eigenvalue weighted by Gasteiger charge is -2.32. The number of guanidine groups is 1. The number of nitrogens with two attached hydrogens (primary N) is 1. The summed E-state index contributed by atoms with van der Waals surface area (Å²) in [6, 6.07) is 16.0. The minimum atomic E-state index is -4.81. The van der Waals surface area contributed by atoms with Crippen LogP contribution in [0.2, 0.25) is 0 Å². The van der Waals surface area contributed by atoms with Crippen molar-refractivity contribution in [2.75, 3.05) is 13.1 Å². The largest absolute Gasteiger partial charge is 0.573 e. The van der Waals surface area contributed by atoms with E-state index in [4.69, 9.17) is 15.7 Å². The second kappa shape index (κ2) is 9.25. The number of pyridine rings is 1. The highest BCUT2D eigenvalue weighted by molar-refractivity contribution is 6.12. The number of halogens is 4. The van der Waals surface area contributed by atoms with Gasteiger partial charge in [-0.15, -0.1) is 13.2 Å². The minimum Gasteiger partial charge on any atom is -0.406 e. The molecule has 0 bridgehead atoms. The standard InChI is InChI=1S/C26H23F4N5O/c27-22-21(8-5-14-32-22)17-6-4-7-19(16-17)25(18-9-11-20(12-10-18)36-26(28,29)30)23-33-13-2-1-3-15-35(23)24(31)34-25/h4-12,14,16H,1-3,13,15H2,(H2,31,34). The predicted molar refractivity (Wildman–Crippen MR) is 128 cm³/mol. The molecular weight excluding hydrogens is 474 g/mol. The first kappa shape index (κ1) is 23.8. The predicted octanol–water partition coefficient (Wildman–Crippen LogP) is 5.24. The number of amidine groups is 1. The topological polar surface area (TPSA) is 76.1 Å². The Morgan fingerprint density at radius 1 is 0.944 bits per heavy atom. The van der Waals surface area contributed by atoms with Gasteiger partial charge in [0.2, 0.25) is 5.95 Å². The summed E-state index contributed by atoms with van der Waals surface area (Å²) in [6.45, 7) is 1.17. The number of fused-ring (bicyclic) bond motifs is 1. The third-order valence-corrected chi connectivity index (χ3v) is 6.30. The van der Waals surface area contributed by atoms with Crippen molar-refractivity contribution in [3.8, 4) is 16.9 Å². The molecule has 10 heteroatoms. The smallest absolute Gasteiger partial charge is 0.406 e. The molecular formula is C26H23F4N5O. The van der Waals surface area contributed by atoms with Gasteiger partial charge in [0, 0.05) is 24.8 Å². The Hall–Kier alpha value is -3.95. The molecule has 6 nitrogen and oxygen atoms in total. The Morgan fingerprint density at radius 2 is 1.75 bits per heavy atom. The number of aliphatic imine (C=N–C) groups is 2. The number of alkyl halides is 3. The molecule has 1 aromatic heterocycles. The Kier molecular flexibility index (Phi) is 6.11. The van der Waals surface area contributed by atoms with E-state index in [-0.39, 0.29) is 11.7 Å². The normalized spacial score (nSPS) is 20.2. The molecule has 5 rings (SSSR count). The van der Waals surface area contributed by atoms with Crippen LogP contribution in [0.15, 0.2) is 76.8 Å². The summed E-state index contributed by atoms with van der Waals surface area (Å²) >= 11 is 0. The van der Waals surface area contributed by atoms with Crippen molar-refractivity contribution < 1.29 is 22.3 Å². The van der Waals surface area contributed by atoms with Gasteiger partial charge >= 0.3 is 6.36 Å². The van der Waals surface area contributed by atoms with Gasteiger partial charge in [-0.25, -0.2) is 9.98 Å². The number of rotatable bonds is 4. The number of ether oxygens (including phenoxy) is 1. The van der Waals surface area contributed by atoms with E-state index in [1.165, 1.54) is 30.5 Å². The zero-order valence-corrected chi connectivity index (χ0v) is 19.2. The fourth-order valence-corrected chi connectivity index (χ4v) is 4.71. The number of hydrogen-bond donors (Lipinski definition) is 1. The molecule has 0 fully saturated rings.